The number of nitrogens with one attached hydrogen (secondary N) is 1. The van der Waals surface area contributed by atoms with Gasteiger partial charge in [-0.15, -0.1) is 0 Å². The lowest BCUT2D eigenvalue weighted by Crippen LogP contribution is -2.18. The molecule has 28 heavy (non-hydrogen) atoms. The van der Waals surface area contributed by atoms with Gasteiger partial charge >= 0.3 is 5.97 Å². The molecule has 0 aliphatic carbocycles. The minimum Gasteiger partial charge on any atom is -0.494 e. The summed E-state index contributed by atoms with van der Waals surface area (Å²) in [6.45, 7) is 3.14. The van der Waals surface area contributed by atoms with Gasteiger partial charge in [-0.3, -0.25) is 14.4 Å². The number of rotatable bonds is 8. The van der Waals surface area contributed by atoms with Gasteiger partial charge in [0.2, 0.25) is 5.91 Å². The number of ketones is 1. The fourth-order valence-electron chi connectivity index (χ4n) is 2.29. The fraction of sp³-hybridized carbons (Fsp3) is 0.286. The molecule has 2 aromatic carbocycles. The fourth-order valence-corrected chi connectivity index (χ4v) is 2.29. The molecule has 0 unspecified atom stereocenters. The van der Waals surface area contributed by atoms with E-state index in [1.165, 1.54) is 19.2 Å². The van der Waals surface area contributed by atoms with Crippen LogP contribution in [-0.2, 0) is 20.7 Å². The molecule has 0 aromatic heterocycles. The summed E-state index contributed by atoms with van der Waals surface area (Å²) in [5.74, 6) is -1.79. The Balaban J connectivity index is 1.86. The van der Waals surface area contributed by atoms with Crippen LogP contribution in [0.15, 0.2) is 42.5 Å². The zero-order chi connectivity index (χ0) is 20.7. The van der Waals surface area contributed by atoms with Gasteiger partial charge in [0.25, 0.3) is 0 Å². The molecule has 0 saturated carbocycles. The molecule has 0 fully saturated rings. The minimum absolute atomic E-state index is 0.0836. The van der Waals surface area contributed by atoms with E-state index >= 15 is 0 Å². The maximum atomic E-state index is 13.6. The van der Waals surface area contributed by atoms with Gasteiger partial charge in [-0.05, 0) is 42.0 Å². The van der Waals surface area contributed by atoms with Gasteiger partial charge < -0.3 is 14.8 Å². The van der Waals surface area contributed by atoms with E-state index in [2.05, 4.69) is 5.32 Å². The number of benzene rings is 2. The lowest BCUT2D eigenvalue weighted by Gasteiger charge is -2.09. The van der Waals surface area contributed by atoms with Crippen molar-refractivity contribution in [1.29, 1.82) is 0 Å². The molecule has 7 heteroatoms. The topological polar surface area (TPSA) is 81.7 Å². The highest BCUT2D eigenvalue weighted by Crippen LogP contribution is 2.18. The molecule has 0 bridgehead atoms. The van der Waals surface area contributed by atoms with Crippen molar-refractivity contribution in [2.45, 2.75) is 20.3 Å². The zero-order valence-electron chi connectivity index (χ0n) is 16.0. The largest absolute Gasteiger partial charge is 0.494 e. The van der Waals surface area contributed by atoms with Gasteiger partial charge in [0.1, 0.15) is 0 Å². The van der Waals surface area contributed by atoms with E-state index in [0.29, 0.717) is 16.8 Å². The molecule has 0 heterocycles. The number of esters is 1. The third-order valence-electron chi connectivity index (χ3n) is 3.93. The lowest BCUT2D eigenvalue weighted by atomic mass is 10.1. The molecule has 0 saturated heterocycles. The summed E-state index contributed by atoms with van der Waals surface area (Å²) in [7, 11) is 1.35. The standard InChI is InChI=1S/C21H22FNO5/c1-13(2)21(26)23-16-7-5-15(6-8-16)18(24)12-28-20(25)11-14-4-9-19(27-3)17(22)10-14/h4-10,13H,11-12H2,1-3H3,(H,23,26). The van der Waals surface area contributed by atoms with E-state index in [-0.39, 0.29) is 29.8 Å². The van der Waals surface area contributed by atoms with Crippen molar-refractivity contribution in [1.82, 2.24) is 0 Å². The highest BCUT2D eigenvalue weighted by molar-refractivity contribution is 5.99. The van der Waals surface area contributed by atoms with Crippen LogP contribution in [0.4, 0.5) is 10.1 Å². The molecule has 0 spiro atoms. The third-order valence-corrected chi connectivity index (χ3v) is 3.93. The highest BCUT2D eigenvalue weighted by Gasteiger charge is 2.13. The molecule has 1 N–H and O–H groups in total. The maximum Gasteiger partial charge on any atom is 0.310 e. The van der Waals surface area contributed by atoms with Gasteiger partial charge in [0.05, 0.1) is 13.5 Å². The number of hydrogen-bond acceptors (Lipinski definition) is 5. The van der Waals surface area contributed by atoms with E-state index in [1.54, 1.807) is 44.2 Å². The highest BCUT2D eigenvalue weighted by atomic mass is 19.1. The zero-order valence-corrected chi connectivity index (χ0v) is 16.0. The van der Waals surface area contributed by atoms with Crippen LogP contribution < -0.4 is 10.1 Å². The number of carbonyl (C=O) groups excluding carboxylic acids is 3. The molecule has 148 valence electrons. The number of methoxy groups -OCH3 is 1. The number of anilines is 1. The van der Waals surface area contributed by atoms with Crippen LogP contribution in [0.5, 0.6) is 5.75 Å². The van der Waals surface area contributed by atoms with Crippen molar-refractivity contribution >= 4 is 23.3 Å². The Morgan fingerprint density at radius 1 is 1.07 bits per heavy atom. The van der Waals surface area contributed by atoms with E-state index in [0.717, 1.165) is 0 Å². The van der Waals surface area contributed by atoms with Crippen molar-refractivity contribution in [2.75, 3.05) is 19.0 Å². The van der Waals surface area contributed by atoms with Gasteiger partial charge in [-0.1, -0.05) is 19.9 Å². The Kier molecular flexibility index (Phi) is 7.26. The number of amides is 1. The molecular weight excluding hydrogens is 365 g/mol. The van der Waals surface area contributed by atoms with Crippen LogP contribution in [-0.4, -0.2) is 31.4 Å². The van der Waals surface area contributed by atoms with Crippen LogP contribution in [0.25, 0.3) is 0 Å². The number of ether oxygens (including phenoxy) is 2. The Labute approximate surface area is 162 Å². The van der Waals surface area contributed by atoms with Crippen LogP contribution in [0.2, 0.25) is 0 Å². The first-order chi connectivity index (χ1) is 13.3. The van der Waals surface area contributed by atoms with Gasteiger partial charge in [-0.25, -0.2) is 4.39 Å². The Morgan fingerprint density at radius 2 is 1.75 bits per heavy atom. The number of carbonyl (C=O) groups is 3. The Bertz CT molecular complexity index is 862. The van der Waals surface area contributed by atoms with Crippen LogP contribution in [0.1, 0.15) is 29.8 Å². The first-order valence-corrected chi connectivity index (χ1v) is 8.72. The molecule has 2 rings (SSSR count). The van der Waals surface area contributed by atoms with Gasteiger partial charge in [0.15, 0.2) is 24.0 Å². The van der Waals surface area contributed by atoms with E-state index in [1.807, 2.05) is 0 Å². The van der Waals surface area contributed by atoms with Crippen LogP contribution in [0.3, 0.4) is 0 Å². The second kappa shape index (κ2) is 9.64. The average Bonchev–Trinajstić information content (AvgIpc) is 2.66. The lowest BCUT2D eigenvalue weighted by molar-refractivity contribution is -0.141. The van der Waals surface area contributed by atoms with Crippen molar-refractivity contribution < 1.29 is 28.2 Å². The molecule has 1 amide bonds. The summed E-state index contributed by atoms with van der Waals surface area (Å²) in [6.07, 6.45) is -0.158. The summed E-state index contributed by atoms with van der Waals surface area (Å²) in [5.41, 5.74) is 1.35. The molecule has 0 aliphatic heterocycles. The Morgan fingerprint density at radius 3 is 2.32 bits per heavy atom. The summed E-state index contributed by atoms with van der Waals surface area (Å²) in [6, 6.07) is 10.5. The average molecular weight is 387 g/mol. The number of Topliss-reactive ketones (excluding diaryl/α,β-unsaturated/α-hetero) is 1. The van der Waals surface area contributed by atoms with E-state index in [4.69, 9.17) is 9.47 Å². The number of hydrogen-bond donors (Lipinski definition) is 1. The quantitative estimate of drug-likeness (QED) is 0.555. The summed E-state index contributed by atoms with van der Waals surface area (Å²) in [5, 5.41) is 2.72. The molecule has 0 radical (unpaired) electrons. The smallest absolute Gasteiger partial charge is 0.310 e. The van der Waals surface area contributed by atoms with Crippen molar-refractivity contribution in [3.05, 3.63) is 59.4 Å². The molecular formula is C21H22FNO5. The first kappa shape index (κ1) is 21.1. The predicted molar refractivity (Wildman–Crippen MR) is 102 cm³/mol. The molecule has 0 atom stereocenters. The minimum atomic E-state index is -0.640. The van der Waals surface area contributed by atoms with Crippen molar-refractivity contribution in [3.63, 3.8) is 0 Å². The molecule has 6 nitrogen and oxygen atoms in total. The second-order valence-corrected chi connectivity index (χ2v) is 6.45. The normalized spacial score (nSPS) is 10.5. The Hall–Kier alpha value is -3.22. The van der Waals surface area contributed by atoms with Gasteiger partial charge in [0, 0.05) is 17.2 Å². The molecule has 2 aromatic rings. The molecule has 0 aliphatic rings. The van der Waals surface area contributed by atoms with E-state index in [9.17, 15) is 18.8 Å². The summed E-state index contributed by atoms with van der Waals surface area (Å²) in [4.78, 5) is 35.7. The van der Waals surface area contributed by atoms with Crippen LogP contribution in [0, 0.1) is 11.7 Å². The number of halogens is 1. The van der Waals surface area contributed by atoms with Crippen molar-refractivity contribution in [2.24, 2.45) is 5.92 Å². The summed E-state index contributed by atoms with van der Waals surface area (Å²) < 4.78 is 23.4. The SMILES string of the molecule is COc1ccc(CC(=O)OCC(=O)c2ccc(NC(=O)C(C)C)cc2)cc1F. The monoisotopic (exact) mass is 387 g/mol. The maximum absolute atomic E-state index is 13.6. The van der Waals surface area contributed by atoms with Crippen LogP contribution >= 0.6 is 0 Å². The second-order valence-electron chi connectivity index (χ2n) is 6.45. The van der Waals surface area contributed by atoms with Crippen molar-refractivity contribution in [3.8, 4) is 5.75 Å². The third kappa shape index (κ3) is 5.90. The predicted octanol–water partition coefficient (Wildman–Crippen LogP) is 3.40. The van der Waals surface area contributed by atoms with Gasteiger partial charge in [-0.2, -0.15) is 0 Å². The summed E-state index contributed by atoms with van der Waals surface area (Å²) >= 11 is 0. The first-order valence-electron chi connectivity index (χ1n) is 8.72. The van der Waals surface area contributed by atoms with E-state index < -0.39 is 18.4 Å².